The second-order valence-corrected chi connectivity index (χ2v) is 7.17. The van der Waals surface area contributed by atoms with E-state index in [1.54, 1.807) is 0 Å². The van der Waals surface area contributed by atoms with Crippen molar-refractivity contribution in [2.45, 2.75) is 26.2 Å². The van der Waals surface area contributed by atoms with Gasteiger partial charge in [-0.25, -0.2) is 0 Å². The molecule has 3 rings (SSSR count). The van der Waals surface area contributed by atoms with Crippen LogP contribution in [0.1, 0.15) is 37.3 Å². The molecule has 1 atom stereocenters. The van der Waals surface area contributed by atoms with Crippen LogP contribution < -0.4 is 5.32 Å². The van der Waals surface area contributed by atoms with Gasteiger partial charge in [-0.05, 0) is 29.2 Å². The van der Waals surface area contributed by atoms with Crippen LogP contribution in [0.3, 0.4) is 0 Å². The molecule has 1 heterocycles. The van der Waals surface area contributed by atoms with Gasteiger partial charge < -0.3 is 10.3 Å². The molecule has 2 N–H and O–H groups in total. The first kappa shape index (κ1) is 17.6. The highest BCUT2D eigenvalue weighted by Gasteiger charge is 2.23. The number of halogens is 1. The van der Waals surface area contributed by atoms with Gasteiger partial charge in [-0.3, -0.25) is 4.79 Å². The molecule has 0 aliphatic rings. The van der Waals surface area contributed by atoms with Crippen LogP contribution in [0, 0.1) is 5.92 Å². The van der Waals surface area contributed by atoms with E-state index in [1.807, 2.05) is 48.7 Å². The summed E-state index contributed by atoms with van der Waals surface area (Å²) in [6, 6.07) is 15.9. The van der Waals surface area contributed by atoms with E-state index in [1.165, 1.54) is 0 Å². The first-order valence-electron chi connectivity index (χ1n) is 8.63. The van der Waals surface area contributed by atoms with Crippen LogP contribution in [0.4, 0.5) is 0 Å². The zero-order valence-corrected chi connectivity index (χ0v) is 15.3. The van der Waals surface area contributed by atoms with E-state index >= 15 is 0 Å². The summed E-state index contributed by atoms with van der Waals surface area (Å²) in [5.41, 5.74) is 3.15. The average Bonchev–Trinajstić information content (AvgIpc) is 3.02. The van der Waals surface area contributed by atoms with E-state index in [0.717, 1.165) is 22.0 Å². The first-order chi connectivity index (χ1) is 12.1. The van der Waals surface area contributed by atoms with Crippen LogP contribution in [-0.2, 0) is 4.79 Å². The fourth-order valence-electron chi connectivity index (χ4n) is 3.10. The number of aromatic nitrogens is 1. The molecule has 3 aromatic rings. The Bertz CT molecular complexity index is 869. The Morgan fingerprint density at radius 2 is 1.80 bits per heavy atom. The van der Waals surface area contributed by atoms with Crippen LogP contribution >= 0.6 is 11.6 Å². The molecule has 0 fully saturated rings. The van der Waals surface area contributed by atoms with Crippen LogP contribution in [0.15, 0.2) is 54.7 Å². The quantitative estimate of drug-likeness (QED) is 0.634. The fraction of sp³-hybridized carbons (Fsp3) is 0.286. The van der Waals surface area contributed by atoms with Gasteiger partial charge in [0.15, 0.2) is 0 Å². The number of benzene rings is 2. The molecule has 25 heavy (non-hydrogen) atoms. The number of hydrogen-bond donors (Lipinski definition) is 2. The van der Waals surface area contributed by atoms with Crippen molar-refractivity contribution in [2.75, 3.05) is 6.54 Å². The summed E-state index contributed by atoms with van der Waals surface area (Å²) in [6.07, 6.45) is 2.37. The molecule has 2 aromatic carbocycles. The van der Waals surface area contributed by atoms with Crippen LogP contribution in [-0.4, -0.2) is 17.4 Å². The molecule has 3 nitrogen and oxygen atoms in total. The van der Waals surface area contributed by atoms with Crippen molar-refractivity contribution < 1.29 is 4.79 Å². The zero-order chi connectivity index (χ0) is 17.8. The smallest absolute Gasteiger partial charge is 0.220 e. The molecule has 0 saturated heterocycles. The number of rotatable bonds is 6. The predicted octanol–water partition coefficient (Wildman–Crippen LogP) is 5.12. The van der Waals surface area contributed by atoms with Gasteiger partial charge in [0.05, 0.1) is 0 Å². The lowest BCUT2D eigenvalue weighted by Crippen LogP contribution is -2.28. The van der Waals surface area contributed by atoms with E-state index in [2.05, 4.69) is 30.2 Å². The molecular formula is C21H23ClN2O. The zero-order valence-electron chi connectivity index (χ0n) is 14.6. The fourth-order valence-corrected chi connectivity index (χ4v) is 3.37. The van der Waals surface area contributed by atoms with E-state index in [-0.39, 0.29) is 11.8 Å². The standard InChI is InChI=1S/C21H23ClN2O/c1-14(2)12-24-21(25)11-17(15-7-3-5-9-19(15)22)18-13-23-20-10-6-4-8-16(18)20/h3-10,13-14,17,23H,11-12H2,1-2H3,(H,24,25). The Balaban J connectivity index is 1.98. The Hall–Kier alpha value is -2.26. The van der Waals surface area contributed by atoms with Gasteiger partial charge in [-0.2, -0.15) is 0 Å². The normalized spacial score (nSPS) is 12.5. The highest BCUT2D eigenvalue weighted by Crippen LogP contribution is 2.36. The number of amides is 1. The van der Waals surface area contributed by atoms with Gasteiger partial charge in [0.25, 0.3) is 0 Å². The van der Waals surface area contributed by atoms with E-state index in [9.17, 15) is 4.79 Å². The Labute approximate surface area is 153 Å². The van der Waals surface area contributed by atoms with Gasteiger partial charge >= 0.3 is 0 Å². The largest absolute Gasteiger partial charge is 0.361 e. The lowest BCUT2D eigenvalue weighted by atomic mass is 9.88. The molecule has 1 amide bonds. The number of carbonyl (C=O) groups excluding carboxylic acids is 1. The lowest BCUT2D eigenvalue weighted by molar-refractivity contribution is -0.121. The summed E-state index contributed by atoms with van der Waals surface area (Å²) in [5, 5.41) is 4.84. The van der Waals surface area contributed by atoms with Crippen molar-refractivity contribution >= 4 is 28.4 Å². The second kappa shape index (κ2) is 7.75. The summed E-state index contributed by atoms with van der Waals surface area (Å²) < 4.78 is 0. The number of hydrogen-bond acceptors (Lipinski definition) is 1. The third-order valence-corrected chi connectivity index (χ3v) is 4.72. The van der Waals surface area contributed by atoms with Gasteiger partial charge in [0, 0.05) is 41.0 Å². The maximum Gasteiger partial charge on any atom is 0.220 e. The molecule has 0 aliphatic heterocycles. The molecule has 0 aliphatic carbocycles. The van der Waals surface area contributed by atoms with Crippen molar-refractivity contribution in [1.29, 1.82) is 0 Å². The first-order valence-corrected chi connectivity index (χ1v) is 9.01. The van der Waals surface area contributed by atoms with Crippen molar-refractivity contribution in [3.63, 3.8) is 0 Å². The minimum atomic E-state index is -0.0861. The number of para-hydroxylation sites is 1. The number of carbonyl (C=O) groups is 1. The van der Waals surface area contributed by atoms with E-state index < -0.39 is 0 Å². The summed E-state index contributed by atoms with van der Waals surface area (Å²) in [4.78, 5) is 15.8. The molecule has 0 spiro atoms. The molecule has 1 unspecified atom stereocenters. The lowest BCUT2D eigenvalue weighted by Gasteiger charge is -2.19. The highest BCUT2D eigenvalue weighted by atomic mass is 35.5. The van der Waals surface area contributed by atoms with E-state index in [4.69, 9.17) is 11.6 Å². The monoisotopic (exact) mass is 354 g/mol. The van der Waals surface area contributed by atoms with Gasteiger partial charge in [0.1, 0.15) is 0 Å². The third-order valence-electron chi connectivity index (χ3n) is 4.37. The van der Waals surface area contributed by atoms with Crippen molar-refractivity contribution in [2.24, 2.45) is 5.92 Å². The molecule has 1 aromatic heterocycles. The van der Waals surface area contributed by atoms with Gasteiger partial charge in [-0.1, -0.05) is 61.8 Å². The minimum Gasteiger partial charge on any atom is -0.361 e. The van der Waals surface area contributed by atoms with Crippen LogP contribution in [0.5, 0.6) is 0 Å². The maximum absolute atomic E-state index is 12.5. The second-order valence-electron chi connectivity index (χ2n) is 6.77. The van der Waals surface area contributed by atoms with Crippen molar-refractivity contribution in [3.05, 3.63) is 70.9 Å². The topological polar surface area (TPSA) is 44.9 Å². The molecule has 0 radical (unpaired) electrons. The Kier molecular flexibility index (Phi) is 5.44. The Morgan fingerprint density at radius 3 is 2.56 bits per heavy atom. The molecule has 0 saturated carbocycles. The molecule has 130 valence electrons. The molecular weight excluding hydrogens is 332 g/mol. The predicted molar refractivity (Wildman–Crippen MR) is 104 cm³/mol. The highest BCUT2D eigenvalue weighted by molar-refractivity contribution is 6.31. The number of nitrogens with one attached hydrogen (secondary N) is 2. The minimum absolute atomic E-state index is 0.0453. The summed E-state index contributed by atoms with van der Waals surface area (Å²) in [7, 11) is 0. The summed E-state index contributed by atoms with van der Waals surface area (Å²) >= 11 is 6.46. The van der Waals surface area contributed by atoms with Crippen LogP contribution in [0.2, 0.25) is 5.02 Å². The number of fused-ring (bicyclic) bond motifs is 1. The van der Waals surface area contributed by atoms with Gasteiger partial charge in [-0.15, -0.1) is 0 Å². The summed E-state index contributed by atoms with van der Waals surface area (Å²) in [6.45, 7) is 4.86. The molecule has 4 heteroatoms. The van der Waals surface area contributed by atoms with Crippen LogP contribution in [0.25, 0.3) is 10.9 Å². The molecule has 0 bridgehead atoms. The van der Waals surface area contributed by atoms with Crippen molar-refractivity contribution in [1.82, 2.24) is 10.3 Å². The number of aromatic amines is 1. The van der Waals surface area contributed by atoms with Crippen molar-refractivity contribution in [3.8, 4) is 0 Å². The third kappa shape index (κ3) is 4.05. The van der Waals surface area contributed by atoms with E-state index in [0.29, 0.717) is 23.9 Å². The van der Waals surface area contributed by atoms with Gasteiger partial charge in [0.2, 0.25) is 5.91 Å². The number of H-pyrrole nitrogens is 1. The average molecular weight is 355 g/mol. The summed E-state index contributed by atoms with van der Waals surface area (Å²) in [5.74, 6) is 0.386. The SMILES string of the molecule is CC(C)CNC(=O)CC(c1ccccc1Cl)c1c[nH]c2ccccc12. The maximum atomic E-state index is 12.5. The Morgan fingerprint density at radius 1 is 1.08 bits per heavy atom.